The summed E-state index contributed by atoms with van der Waals surface area (Å²) < 4.78 is 46.5. The van der Waals surface area contributed by atoms with E-state index in [1.54, 1.807) is 31.4 Å². The van der Waals surface area contributed by atoms with Gasteiger partial charge in [0.05, 0.1) is 13.7 Å². The number of urea groups is 1. The van der Waals surface area contributed by atoms with Crippen molar-refractivity contribution in [1.29, 1.82) is 0 Å². The number of halogens is 3. The molecular formula is C18H19F3N2O3. The fourth-order valence-electron chi connectivity index (χ4n) is 2.28. The van der Waals surface area contributed by atoms with E-state index < -0.39 is 12.4 Å². The van der Waals surface area contributed by atoms with Gasteiger partial charge in [-0.1, -0.05) is 30.3 Å². The van der Waals surface area contributed by atoms with E-state index in [0.717, 1.165) is 5.56 Å². The Bertz CT molecular complexity index is 750. The second kappa shape index (κ2) is 8.46. The number of amides is 2. The maximum absolute atomic E-state index is 12.5. The highest BCUT2D eigenvalue weighted by atomic mass is 19.4. The molecule has 0 aliphatic heterocycles. The molecule has 0 radical (unpaired) electrons. The minimum atomic E-state index is -4.79. The van der Waals surface area contributed by atoms with Gasteiger partial charge in [0.1, 0.15) is 11.5 Å². The van der Waals surface area contributed by atoms with E-state index in [-0.39, 0.29) is 24.4 Å². The molecule has 0 atom stereocenters. The molecule has 1 N–H and O–H groups in total. The molecule has 0 heterocycles. The molecule has 0 aliphatic carbocycles. The number of nitrogens with zero attached hydrogens (tertiary/aromatic N) is 1. The molecule has 2 rings (SSSR count). The zero-order chi connectivity index (χ0) is 19.2. The molecule has 0 unspecified atom stereocenters. The first-order valence-electron chi connectivity index (χ1n) is 7.74. The Kier molecular flexibility index (Phi) is 6.32. The second-order valence-electron chi connectivity index (χ2n) is 5.52. The van der Waals surface area contributed by atoms with Crippen LogP contribution in [-0.2, 0) is 13.1 Å². The summed E-state index contributed by atoms with van der Waals surface area (Å²) in [6, 6.07) is 12.5. The summed E-state index contributed by atoms with van der Waals surface area (Å²) in [6.07, 6.45) is -4.79. The molecule has 0 saturated carbocycles. The number of alkyl halides is 3. The van der Waals surface area contributed by atoms with Gasteiger partial charge >= 0.3 is 12.4 Å². The first-order valence-corrected chi connectivity index (χ1v) is 7.74. The lowest BCUT2D eigenvalue weighted by Gasteiger charge is -2.20. The maximum Gasteiger partial charge on any atom is 0.573 e. The van der Waals surface area contributed by atoms with Gasteiger partial charge < -0.3 is 19.7 Å². The zero-order valence-corrected chi connectivity index (χ0v) is 14.3. The van der Waals surface area contributed by atoms with Crippen LogP contribution in [0.1, 0.15) is 11.1 Å². The van der Waals surface area contributed by atoms with Gasteiger partial charge in [0.15, 0.2) is 0 Å². The van der Waals surface area contributed by atoms with Gasteiger partial charge in [-0.3, -0.25) is 0 Å². The number of para-hydroxylation sites is 1. The second-order valence-corrected chi connectivity index (χ2v) is 5.52. The summed E-state index contributed by atoms with van der Waals surface area (Å²) in [6.45, 7) is 0.233. The average Bonchev–Trinajstić information content (AvgIpc) is 2.60. The van der Waals surface area contributed by atoms with Crippen molar-refractivity contribution in [2.24, 2.45) is 0 Å². The average molecular weight is 368 g/mol. The van der Waals surface area contributed by atoms with Crippen LogP contribution < -0.4 is 14.8 Å². The van der Waals surface area contributed by atoms with E-state index in [2.05, 4.69) is 10.1 Å². The van der Waals surface area contributed by atoms with Crippen LogP contribution in [0.2, 0.25) is 0 Å². The van der Waals surface area contributed by atoms with Crippen LogP contribution in [0.25, 0.3) is 0 Å². The summed E-state index contributed by atoms with van der Waals surface area (Å²) in [4.78, 5) is 13.5. The van der Waals surface area contributed by atoms with Gasteiger partial charge in [0.25, 0.3) is 0 Å². The Morgan fingerprint density at radius 1 is 1.15 bits per heavy atom. The number of carbonyl (C=O) groups excluding carboxylic acids is 1. The summed E-state index contributed by atoms with van der Waals surface area (Å²) in [7, 11) is 3.04. The third kappa shape index (κ3) is 5.87. The summed E-state index contributed by atoms with van der Waals surface area (Å²) >= 11 is 0. The quantitative estimate of drug-likeness (QED) is 0.840. The van der Waals surface area contributed by atoms with Gasteiger partial charge in [-0.05, 0) is 23.8 Å². The van der Waals surface area contributed by atoms with E-state index in [4.69, 9.17) is 4.74 Å². The van der Waals surface area contributed by atoms with E-state index in [1.165, 1.54) is 30.1 Å². The molecule has 5 nitrogen and oxygen atoms in total. The highest BCUT2D eigenvalue weighted by molar-refractivity contribution is 5.74. The van der Waals surface area contributed by atoms with Crippen LogP contribution in [0, 0.1) is 0 Å². The lowest BCUT2D eigenvalue weighted by molar-refractivity contribution is -0.275. The Morgan fingerprint density at radius 2 is 1.88 bits per heavy atom. The van der Waals surface area contributed by atoms with Crippen molar-refractivity contribution in [3.8, 4) is 11.5 Å². The van der Waals surface area contributed by atoms with Crippen LogP contribution in [0.15, 0.2) is 48.5 Å². The van der Waals surface area contributed by atoms with Crippen molar-refractivity contribution in [1.82, 2.24) is 10.2 Å². The fourth-order valence-corrected chi connectivity index (χ4v) is 2.28. The van der Waals surface area contributed by atoms with Gasteiger partial charge in [0, 0.05) is 19.2 Å². The molecule has 0 aliphatic rings. The standard InChI is InChI=1S/C18H19F3N2O3/c1-23(12-14-7-3-4-9-16(14)26-18(19,20)21)17(24)22-11-13-6-5-8-15(10-13)25-2/h3-10H,11-12H2,1-2H3,(H,22,24). The van der Waals surface area contributed by atoms with Gasteiger partial charge in [-0.25, -0.2) is 4.79 Å². The number of hydrogen-bond acceptors (Lipinski definition) is 3. The molecule has 26 heavy (non-hydrogen) atoms. The Morgan fingerprint density at radius 3 is 2.58 bits per heavy atom. The smallest absolute Gasteiger partial charge is 0.497 e. The molecule has 140 valence electrons. The number of carbonyl (C=O) groups is 1. The van der Waals surface area contributed by atoms with Gasteiger partial charge in [0.2, 0.25) is 0 Å². The lowest BCUT2D eigenvalue weighted by Crippen LogP contribution is -2.36. The molecule has 0 spiro atoms. The fraction of sp³-hybridized carbons (Fsp3) is 0.278. The van der Waals surface area contributed by atoms with Crippen molar-refractivity contribution in [3.05, 3.63) is 59.7 Å². The molecule has 2 aromatic carbocycles. The van der Waals surface area contributed by atoms with Crippen molar-refractivity contribution in [2.75, 3.05) is 14.2 Å². The van der Waals surface area contributed by atoms with E-state index in [1.807, 2.05) is 6.07 Å². The Hall–Kier alpha value is -2.90. The largest absolute Gasteiger partial charge is 0.573 e. The molecule has 0 saturated heterocycles. The zero-order valence-electron chi connectivity index (χ0n) is 14.3. The van der Waals surface area contributed by atoms with Crippen LogP contribution in [0.3, 0.4) is 0 Å². The van der Waals surface area contributed by atoms with Gasteiger partial charge in [-0.15, -0.1) is 13.2 Å². The summed E-state index contributed by atoms with van der Waals surface area (Å²) in [5.41, 5.74) is 1.09. The molecule has 0 fully saturated rings. The number of methoxy groups -OCH3 is 1. The molecular weight excluding hydrogens is 349 g/mol. The van der Waals surface area contributed by atoms with Crippen molar-refractivity contribution in [2.45, 2.75) is 19.5 Å². The minimum absolute atomic E-state index is 0.0316. The highest BCUT2D eigenvalue weighted by Gasteiger charge is 2.32. The van der Waals surface area contributed by atoms with Crippen LogP contribution >= 0.6 is 0 Å². The van der Waals surface area contributed by atoms with Crippen molar-refractivity contribution < 1.29 is 27.4 Å². The number of ether oxygens (including phenoxy) is 2. The van der Waals surface area contributed by atoms with Crippen LogP contribution in [0.4, 0.5) is 18.0 Å². The molecule has 8 heteroatoms. The lowest BCUT2D eigenvalue weighted by atomic mass is 10.2. The molecule has 0 bridgehead atoms. The van der Waals surface area contributed by atoms with Crippen LogP contribution in [-0.4, -0.2) is 31.5 Å². The number of benzene rings is 2. The SMILES string of the molecule is COc1cccc(CNC(=O)N(C)Cc2ccccc2OC(F)(F)F)c1. The normalized spacial score (nSPS) is 11.0. The predicted molar refractivity (Wildman–Crippen MR) is 89.8 cm³/mol. The first kappa shape index (κ1) is 19.4. The Labute approximate surface area is 149 Å². The van der Waals surface area contributed by atoms with E-state index >= 15 is 0 Å². The number of hydrogen-bond donors (Lipinski definition) is 1. The highest BCUT2D eigenvalue weighted by Crippen LogP contribution is 2.26. The molecule has 2 amide bonds. The third-order valence-corrected chi connectivity index (χ3v) is 3.53. The van der Waals surface area contributed by atoms with E-state index in [0.29, 0.717) is 5.75 Å². The minimum Gasteiger partial charge on any atom is -0.497 e. The van der Waals surface area contributed by atoms with Crippen molar-refractivity contribution in [3.63, 3.8) is 0 Å². The number of rotatable bonds is 6. The maximum atomic E-state index is 12.5. The van der Waals surface area contributed by atoms with Crippen LogP contribution in [0.5, 0.6) is 11.5 Å². The predicted octanol–water partition coefficient (Wildman–Crippen LogP) is 3.94. The van der Waals surface area contributed by atoms with Gasteiger partial charge in [-0.2, -0.15) is 0 Å². The van der Waals surface area contributed by atoms with Crippen molar-refractivity contribution >= 4 is 6.03 Å². The Balaban J connectivity index is 1.97. The molecule has 2 aromatic rings. The first-order chi connectivity index (χ1) is 12.3. The monoisotopic (exact) mass is 368 g/mol. The van der Waals surface area contributed by atoms with E-state index in [9.17, 15) is 18.0 Å². The topological polar surface area (TPSA) is 50.8 Å². The third-order valence-electron chi connectivity index (χ3n) is 3.53. The number of nitrogens with one attached hydrogen (secondary N) is 1. The summed E-state index contributed by atoms with van der Waals surface area (Å²) in [5, 5.41) is 2.71. The summed E-state index contributed by atoms with van der Waals surface area (Å²) in [5.74, 6) is 0.343. The molecule has 0 aromatic heterocycles.